The molecule has 190 valence electrons. The molecule has 1 aliphatic heterocycles. The summed E-state index contributed by atoms with van der Waals surface area (Å²) in [6.45, 7) is 3.11. The molecule has 1 aliphatic carbocycles. The van der Waals surface area contributed by atoms with Gasteiger partial charge in [-0.05, 0) is 43.9 Å². The summed E-state index contributed by atoms with van der Waals surface area (Å²) in [7, 11) is 0. The van der Waals surface area contributed by atoms with Crippen molar-refractivity contribution in [2.45, 2.75) is 37.8 Å². The number of hydrogen-bond donors (Lipinski definition) is 1. The minimum absolute atomic E-state index is 0.0495. The van der Waals surface area contributed by atoms with E-state index in [1.54, 1.807) is 41.7 Å². The summed E-state index contributed by atoms with van der Waals surface area (Å²) < 4.78 is 13.7. The number of anilines is 1. The van der Waals surface area contributed by atoms with E-state index in [2.05, 4.69) is 47.5 Å². The standard InChI is InChI=1S/C26H28N8O3/c35-26(21-2-1-3-24(32-21)34-16-29-30-17-34)31-18-4-6-20(7-5-18)37-23-15-19(33-10-12-36-13-11-33)14-22-25(23)28-9-8-27-22/h1-3,8-9,14-18,20H,4-7,10-13H2,(H,31,35). The van der Waals surface area contributed by atoms with Crippen LogP contribution < -0.4 is 15.0 Å². The van der Waals surface area contributed by atoms with Gasteiger partial charge in [0.05, 0.1) is 24.8 Å². The van der Waals surface area contributed by atoms with E-state index in [0.717, 1.165) is 61.2 Å². The van der Waals surface area contributed by atoms with E-state index < -0.39 is 0 Å². The highest BCUT2D eigenvalue weighted by atomic mass is 16.5. The fourth-order valence-electron chi connectivity index (χ4n) is 4.90. The minimum atomic E-state index is -0.182. The lowest BCUT2D eigenvalue weighted by atomic mass is 9.92. The van der Waals surface area contributed by atoms with E-state index in [1.165, 1.54) is 0 Å². The second-order valence-electron chi connectivity index (χ2n) is 9.28. The van der Waals surface area contributed by atoms with Gasteiger partial charge in [-0.1, -0.05) is 6.07 Å². The zero-order valence-corrected chi connectivity index (χ0v) is 20.4. The summed E-state index contributed by atoms with van der Waals surface area (Å²) in [5.41, 5.74) is 3.04. The first-order chi connectivity index (χ1) is 18.2. The van der Waals surface area contributed by atoms with Crippen molar-refractivity contribution in [2.75, 3.05) is 31.2 Å². The van der Waals surface area contributed by atoms with Crippen LogP contribution in [0.5, 0.6) is 5.75 Å². The lowest BCUT2D eigenvalue weighted by molar-refractivity contribution is 0.0890. The maximum atomic E-state index is 12.9. The molecular weight excluding hydrogens is 472 g/mol. The fourth-order valence-corrected chi connectivity index (χ4v) is 4.90. The third kappa shape index (κ3) is 5.21. The van der Waals surface area contributed by atoms with Crippen LogP contribution in [-0.2, 0) is 4.74 Å². The lowest BCUT2D eigenvalue weighted by Crippen LogP contribution is -2.40. The SMILES string of the molecule is O=C(NC1CCC(Oc2cc(N3CCOCC3)cc3nccnc23)CC1)c1cccc(-n2cnnc2)n1. The molecule has 1 aromatic carbocycles. The van der Waals surface area contributed by atoms with Crippen LogP contribution in [0.2, 0.25) is 0 Å². The minimum Gasteiger partial charge on any atom is -0.488 e. The molecule has 2 aliphatic rings. The molecule has 1 saturated carbocycles. The molecule has 37 heavy (non-hydrogen) atoms. The van der Waals surface area contributed by atoms with Gasteiger partial charge < -0.3 is 19.7 Å². The van der Waals surface area contributed by atoms with Gasteiger partial charge in [0.2, 0.25) is 0 Å². The maximum absolute atomic E-state index is 12.9. The molecule has 11 nitrogen and oxygen atoms in total. The summed E-state index contributed by atoms with van der Waals surface area (Å²) in [5, 5.41) is 10.7. The van der Waals surface area contributed by atoms with E-state index in [4.69, 9.17) is 9.47 Å². The first-order valence-corrected chi connectivity index (χ1v) is 12.6. The van der Waals surface area contributed by atoms with Crippen molar-refractivity contribution in [3.63, 3.8) is 0 Å². The van der Waals surface area contributed by atoms with Crippen LogP contribution in [0, 0.1) is 0 Å². The van der Waals surface area contributed by atoms with Gasteiger partial charge in [-0.25, -0.2) is 9.97 Å². The Morgan fingerprint density at radius 2 is 1.78 bits per heavy atom. The van der Waals surface area contributed by atoms with Gasteiger partial charge in [0.15, 0.2) is 0 Å². The fraction of sp³-hybridized carbons (Fsp3) is 0.385. The molecule has 0 bridgehead atoms. The normalized spacial score (nSPS) is 20.1. The van der Waals surface area contributed by atoms with Crippen LogP contribution in [0.3, 0.4) is 0 Å². The summed E-state index contributed by atoms with van der Waals surface area (Å²) in [6, 6.07) is 9.55. The van der Waals surface area contributed by atoms with Crippen LogP contribution >= 0.6 is 0 Å². The van der Waals surface area contributed by atoms with Gasteiger partial charge in [-0.2, -0.15) is 0 Å². The molecule has 0 unspecified atom stereocenters. The topological polar surface area (TPSA) is 120 Å². The Morgan fingerprint density at radius 3 is 2.59 bits per heavy atom. The molecule has 1 amide bonds. The van der Waals surface area contributed by atoms with Gasteiger partial charge in [0.25, 0.3) is 5.91 Å². The molecule has 11 heteroatoms. The summed E-state index contributed by atoms with van der Waals surface area (Å²) >= 11 is 0. The number of amides is 1. The quantitative estimate of drug-likeness (QED) is 0.426. The third-order valence-corrected chi connectivity index (χ3v) is 6.85. The molecule has 4 aromatic rings. The van der Waals surface area contributed by atoms with Crippen molar-refractivity contribution in [3.8, 4) is 11.6 Å². The number of carbonyl (C=O) groups is 1. The van der Waals surface area contributed by atoms with Crippen molar-refractivity contribution in [2.24, 2.45) is 0 Å². The highest BCUT2D eigenvalue weighted by Crippen LogP contribution is 2.33. The van der Waals surface area contributed by atoms with Crippen LogP contribution in [0.15, 0.2) is 55.4 Å². The number of benzene rings is 1. The molecule has 1 saturated heterocycles. The monoisotopic (exact) mass is 500 g/mol. The highest BCUT2D eigenvalue weighted by Gasteiger charge is 2.26. The smallest absolute Gasteiger partial charge is 0.270 e. The first kappa shape index (κ1) is 23.3. The van der Waals surface area contributed by atoms with E-state index in [-0.39, 0.29) is 18.1 Å². The summed E-state index contributed by atoms with van der Waals surface area (Å²) in [6.07, 6.45) is 9.89. The predicted molar refractivity (Wildman–Crippen MR) is 136 cm³/mol. The van der Waals surface area contributed by atoms with Crippen molar-refractivity contribution in [1.82, 2.24) is 35.0 Å². The van der Waals surface area contributed by atoms with Gasteiger partial charge in [-0.15, -0.1) is 10.2 Å². The Morgan fingerprint density at radius 1 is 1.00 bits per heavy atom. The Hall–Kier alpha value is -4.12. The lowest BCUT2D eigenvalue weighted by Gasteiger charge is -2.31. The molecule has 1 N–H and O–H groups in total. The number of pyridine rings is 1. The molecule has 6 rings (SSSR count). The number of morpholine rings is 1. The highest BCUT2D eigenvalue weighted by molar-refractivity contribution is 5.92. The second kappa shape index (κ2) is 10.5. The van der Waals surface area contributed by atoms with E-state index >= 15 is 0 Å². The zero-order valence-electron chi connectivity index (χ0n) is 20.4. The number of rotatable bonds is 6. The summed E-state index contributed by atoms with van der Waals surface area (Å²) in [5.74, 6) is 1.18. The van der Waals surface area contributed by atoms with Crippen LogP contribution in [0.1, 0.15) is 36.2 Å². The van der Waals surface area contributed by atoms with E-state index in [1.807, 2.05) is 6.07 Å². The predicted octanol–water partition coefficient (Wildman–Crippen LogP) is 2.56. The molecule has 0 atom stereocenters. The van der Waals surface area contributed by atoms with Gasteiger partial charge in [0.1, 0.15) is 35.4 Å². The Kier molecular flexibility index (Phi) is 6.59. The van der Waals surface area contributed by atoms with E-state index in [9.17, 15) is 4.79 Å². The molecule has 4 heterocycles. The number of hydrogen-bond acceptors (Lipinski definition) is 9. The maximum Gasteiger partial charge on any atom is 0.270 e. The Labute approximate surface area is 213 Å². The zero-order chi connectivity index (χ0) is 25.0. The van der Waals surface area contributed by atoms with Crippen molar-refractivity contribution in [1.29, 1.82) is 0 Å². The van der Waals surface area contributed by atoms with Gasteiger partial charge >= 0.3 is 0 Å². The average molecular weight is 501 g/mol. The molecule has 2 fully saturated rings. The molecule has 0 radical (unpaired) electrons. The Bertz CT molecular complexity index is 1370. The number of carbonyl (C=O) groups excluding carboxylic acids is 1. The average Bonchev–Trinajstić information content (AvgIpc) is 3.50. The number of aromatic nitrogens is 6. The largest absolute Gasteiger partial charge is 0.488 e. The van der Waals surface area contributed by atoms with Gasteiger partial charge in [-0.3, -0.25) is 14.3 Å². The van der Waals surface area contributed by atoms with E-state index in [0.29, 0.717) is 24.7 Å². The van der Waals surface area contributed by atoms with Crippen molar-refractivity contribution >= 4 is 22.6 Å². The van der Waals surface area contributed by atoms with Crippen LogP contribution in [0.25, 0.3) is 16.9 Å². The molecule has 3 aromatic heterocycles. The van der Waals surface area contributed by atoms with Crippen molar-refractivity contribution < 1.29 is 14.3 Å². The number of ether oxygens (including phenoxy) is 2. The Balaban J connectivity index is 1.10. The van der Waals surface area contributed by atoms with Crippen molar-refractivity contribution in [3.05, 3.63) is 61.1 Å². The molecule has 0 spiro atoms. The summed E-state index contributed by atoms with van der Waals surface area (Å²) in [4.78, 5) is 28.7. The number of nitrogens with zero attached hydrogens (tertiary/aromatic N) is 7. The number of nitrogens with one attached hydrogen (secondary N) is 1. The van der Waals surface area contributed by atoms with Crippen LogP contribution in [-0.4, -0.2) is 74.1 Å². The van der Waals surface area contributed by atoms with Crippen LogP contribution in [0.4, 0.5) is 5.69 Å². The first-order valence-electron chi connectivity index (χ1n) is 12.6. The third-order valence-electron chi connectivity index (χ3n) is 6.85. The second-order valence-corrected chi connectivity index (χ2v) is 9.28. The number of fused-ring (bicyclic) bond motifs is 1. The van der Waals surface area contributed by atoms with Gasteiger partial charge in [0, 0.05) is 43.3 Å². The molecular formula is C26H28N8O3.